The molecule has 1 atom stereocenters. The van der Waals surface area contributed by atoms with E-state index >= 15 is 0 Å². The summed E-state index contributed by atoms with van der Waals surface area (Å²) in [7, 11) is -3.87. The second-order valence-corrected chi connectivity index (χ2v) is 10.8. The Kier molecular flexibility index (Phi) is 8.54. The van der Waals surface area contributed by atoms with Gasteiger partial charge >= 0.3 is 0 Å². The summed E-state index contributed by atoms with van der Waals surface area (Å²) in [6, 6.07) is 11.0. The minimum Gasteiger partial charge on any atom is -0.352 e. The lowest BCUT2D eigenvalue weighted by Gasteiger charge is -2.32. The van der Waals surface area contributed by atoms with Gasteiger partial charge in [0.1, 0.15) is 18.4 Å². The zero-order valence-electron chi connectivity index (χ0n) is 19.2. The minimum atomic E-state index is -3.87. The number of rotatable bonds is 9. The van der Waals surface area contributed by atoms with Crippen molar-refractivity contribution in [2.75, 3.05) is 17.1 Å². The second-order valence-electron chi connectivity index (χ2n) is 8.53. The average molecular weight is 510 g/mol. The first-order chi connectivity index (χ1) is 16.1. The number of hydrogen-bond acceptors (Lipinski definition) is 4. The number of benzene rings is 2. The van der Waals surface area contributed by atoms with Gasteiger partial charge in [0.25, 0.3) is 0 Å². The van der Waals surface area contributed by atoms with Crippen LogP contribution in [0.25, 0.3) is 0 Å². The molecule has 0 aliphatic heterocycles. The molecule has 0 spiro atoms. The van der Waals surface area contributed by atoms with Gasteiger partial charge in [0.2, 0.25) is 21.8 Å². The summed E-state index contributed by atoms with van der Waals surface area (Å²) < 4.78 is 39.2. The van der Waals surface area contributed by atoms with Gasteiger partial charge in [0, 0.05) is 17.6 Å². The molecule has 2 aromatic carbocycles. The Bertz CT molecular complexity index is 1120. The first-order valence-corrected chi connectivity index (χ1v) is 13.4. The fraction of sp³-hybridized carbons (Fsp3) is 0.417. The fourth-order valence-electron chi connectivity index (χ4n) is 4.01. The summed E-state index contributed by atoms with van der Waals surface area (Å²) in [5, 5.41) is 3.43. The first kappa shape index (κ1) is 26.0. The highest BCUT2D eigenvalue weighted by molar-refractivity contribution is 7.92. The normalized spacial score (nSPS) is 15.1. The van der Waals surface area contributed by atoms with Crippen LogP contribution in [0.3, 0.4) is 0 Å². The number of sulfonamides is 1. The quantitative estimate of drug-likeness (QED) is 0.558. The van der Waals surface area contributed by atoms with Gasteiger partial charge in [-0.3, -0.25) is 13.9 Å². The van der Waals surface area contributed by atoms with E-state index in [0.29, 0.717) is 10.6 Å². The van der Waals surface area contributed by atoms with Crippen LogP contribution in [-0.2, 0) is 26.2 Å². The molecule has 2 amide bonds. The fourth-order valence-corrected chi connectivity index (χ4v) is 5.05. The van der Waals surface area contributed by atoms with Crippen molar-refractivity contribution >= 4 is 39.1 Å². The summed E-state index contributed by atoms with van der Waals surface area (Å²) in [5.74, 6) is -1.41. The van der Waals surface area contributed by atoms with E-state index in [9.17, 15) is 22.4 Å². The molecule has 0 radical (unpaired) electrons. The Hall–Kier alpha value is -2.65. The number of nitrogens with zero attached hydrogens (tertiary/aromatic N) is 2. The van der Waals surface area contributed by atoms with Crippen LogP contribution in [0.15, 0.2) is 48.5 Å². The minimum absolute atomic E-state index is 0.0266. The highest BCUT2D eigenvalue weighted by Crippen LogP contribution is 2.22. The number of carbonyl (C=O) groups excluding carboxylic acids is 2. The molecule has 7 nitrogen and oxygen atoms in total. The summed E-state index contributed by atoms with van der Waals surface area (Å²) >= 11 is 6.30. The molecule has 0 unspecified atom stereocenters. The lowest BCUT2D eigenvalue weighted by Crippen LogP contribution is -2.52. The van der Waals surface area contributed by atoms with E-state index < -0.39 is 34.3 Å². The number of carbonyl (C=O) groups is 2. The number of amides is 2. The Morgan fingerprint density at radius 2 is 1.74 bits per heavy atom. The van der Waals surface area contributed by atoms with Gasteiger partial charge in [-0.15, -0.1) is 0 Å². The van der Waals surface area contributed by atoms with Crippen molar-refractivity contribution in [3.05, 3.63) is 64.9 Å². The maximum Gasteiger partial charge on any atom is 0.244 e. The summed E-state index contributed by atoms with van der Waals surface area (Å²) in [4.78, 5) is 27.8. The number of halogens is 2. The van der Waals surface area contributed by atoms with Gasteiger partial charge in [0.05, 0.1) is 11.9 Å². The molecule has 184 valence electrons. The van der Waals surface area contributed by atoms with Crippen molar-refractivity contribution < 1.29 is 22.4 Å². The van der Waals surface area contributed by atoms with Crippen molar-refractivity contribution in [2.45, 2.75) is 51.2 Å². The van der Waals surface area contributed by atoms with E-state index in [4.69, 9.17) is 11.6 Å². The van der Waals surface area contributed by atoms with E-state index in [1.807, 2.05) is 0 Å². The molecule has 0 heterocycles. The van der Waals surface area contributed by atoms with Crippen molar-refractivity contribution in [3.63, 3.8) is 0 Å². The van der Waals surface area contributed by atoms with E-state index in [1.165, 1.54) is 17.0 Å². The molecule has 0 aromatic heterocycles. The summed E-state index contributed by atoms with van der Waals surface area (Å²) in [5.41, 5.74) is 0.781. The Balaban J connectivity index is 1.88. The van der Waals surface area contributed by atoms with Crippen LogP contribution >= 0.6 is 11.6 Å². The van der Waals surface area contributed by atoms with Crippen molar-refractivity contribution in [3.8, 4) is 0 Å². The standard InChI is InChI=1S/C24H29ClFN3O4S/c1-17(24(31)27-20-8-4-5-9-20)28(15-18-7-3-6-10-22(18)25)23(30)16-29(34(2,32)33)21-13-11-19(26)12-14-21/h3,6-7,10-14,17,20H,4-5,8-9,15-16H2,1-2H3,(H,27,31)/t17-/m1/s1. The summed E-state index contributed by atoms with van der Waals surface area (Å²) in [6.45, 7) is 1.09. The maximum atomic E-state index is 13.5. The third-order valence-corrected chi connectivity index (χ3v) is 7.47. The van der Waals surface area contributed by atoms with E-state index in [2.05, 4.69) is 5.32 Å². The second kappa shape index (κ2) is 11.2. The van der Waals surface area contributed by atoms with Crippen LogP contribution in [0.5, 0.6) is 0 Å². The average Bonchev–Trinajstić information content (AvgIpc) is 3.29. The molecule has 0 saturated heterocycles. The van der Waals surface area contributed by atoms with Crippen molar-refractivity contribution in [1.82, 2.24) is 10.2 Å². The lowest BCUT2D eigenvalue weighted by molar-refractivity contribution is -0.139. The third-order valence-electron chi connectivity index (χ3n) is 5.96. The molecular weight excluding hydrogens is 481 g/mol. The Morgan fingerprint density at radius 1 is 1.12 bits per heavy atom. The zero-order chi connectivity index (χ0) is 24.9. The number of nitrogens with one attached hydrogen (secondary N) is 1. The molecule has 1 aliphatic rings. The largest absolute Gasteiger partial charge is 0.352 e. The molecule has 10 heteroatoms. The smallest absolute Gasteiger partial charge is 0.244 e. The predicted molar refractivity (Wildman–Crippen MR) is 130 cm³/mol. The highest BCUT2D eigenvalue weighted by atomic mass is 35.5. The van der Waals surface area contributed by atoms with Crippen LogP contribution in [0.2, 0.25) is 5.02 Å². The first-order valence-electron chi connectivity index (χ1n) is 11.1. The van der Waals surface area contributed by atoms with E-state index in [-0.39, 0.29) is 24.2 Å². The van der Waals surface area contributed by atoms with Gasteiger partial charge in [-0.25, -0.2) is 12.8 Å². The van der Waals surface area contributed by atoms with Crippen LogP contribution in [-0.4, -0.2) is 50.0 Å². The molecule has 1 saturated carbocycles. The third kappa shape index (κ3) is 6.70. The van der Waals surface area contributed by atoms with Gasteiger partial charge in [-0.1, -0.05) is 42.6 Å². The molecule has 0 bridgehead atoms. The molecule has 2 aromatic rings. The van der Waals surface area contributed by atoms with Gasteiger partial charge in [0.15, 0.2) is 0 Å². The molecule has 1 fully saturated rings. The summed E-state index contributed by atoms with van der Waals surface area (Å²) in [6.07, 6.45) is 4.84. The predicted octanol–water partition coefficient (Wildman–Crippen LogP) is 3.72. The van der Waals surface area contributed by atoms with Crippen LogP contribution < -0.4 is 9.62 Å². The van der Waals surface area contributed by atoms with Gasteiger partial charge < -0.3 is 10.2 Å². The number of anilines is 1. The van der Waals surface area contributed by atoms with Gasteiger partial charge in [-0.2, -0.15) is 0 Å². The molecule has 34 heavy (non-hydrogen) atoms. The number of hydrogen-bond donors (Lipinski definition) is 1. The van der Waals surface area contributed by atoms with Crippen LogP contribution in [0.4, 0.5) is 10.1 Å². The maximum absolute atomic E-state index is 13.5. The zero-order valence-corrected chi connectivity index (χ0v) is 20.8. The van der Waals surface area contributed by atoms with Crippen LogP contribution in [0.1, 0.15) is 38.2 Å². The van der Waals surface area contributed by atoms with Crippen molar-refractivity contribution in [2.24, 2.45) is 0 Å². The highest BCUT2D eigenvalue weighted by Gasteiger charge is 2.31. The Labute approximate surface area is 204 Å². The molecule has 1 N–H and O–H groups in total. The van der Waals surface area contributed by atoms with Crippen LogP contribution in [0, 0.1) is 5.82 Å². The van der Waals surface area contributed by atoms with Crippen molar-refractivity contribution in [1.29, 1.82) is 0 Å². The van der Waals surface area contributed by atoms with Gasteiger partial charge in [-0.05, 0) is 55.7 Å². The monoisotopic (exact) mass is 509 g/mol. The SMILES string of the molecule is C[C@H](C(=O)NC1CCCC1)N(Cc1ccccc1Cl)C(=O)CN(c1ccc(F)cc1)S(C)(=O)=O. The topological polar surface area (TPSA) is 86.8 Å². The molecule has 3 rings (SSSR count). The Morgan fingerprint density at radius 3 is 2.32 bits per heavy atom. The molecular formula is C24H29ClFN3O4S. The van der Waals surface area contributed by atoms with E-state index in [1.54, 1.807) is 31.2 Å². The van der Waals surface area contributed by atoms with E-state index in [0.717, 1.165) is 48.4 Å². The molecule has 1 aliphatic carbocycles. The lowest BCUT2D eigenvalue weighted by atomic mass is 10.1.